The zero-order valence-electron chi connectivity index (χ0n) is 15.9. The lowest BCUT2D eigenvalue weighted by atomic mass is 9.76. The number of carbonyl (C=O) groups excluding carboxylic acids is 1. The molecule has 4 atom stereocenters. The summed E-state index contributed by atoms with van der Waals surface area (Å²) in [5.41, 5.74) is 1.52. The molecule has 154 valence electrons. The number of ether oxygens (including phenoxy) is 2. The van der Waals surface area contributed by atoms with Crippen LogP contribution in [0.3, 0.4) is 0 Å². The summed E-state index contributed by atoms with van der Waals surface area (Å²) in [5, 5.41) is 3.42. The fourth-order valence-electron chi connectivity index (χ4n) is 4.26. The minimum Gasteiger partial charge on any atom is -0.463 e. The van der Waals surface area contributed by atoms with Crippen LogP contribution >= 0.6 is 0 Å². The van der Waals surface area contributed by atoms with E-state index >= 15 is 0 Å². The van der Waals surface area contributed by atoms with Crippen molar-refractivity contribution >= 4 is 11.7 Å². The Morgan fingerprint density at radius 1 is 1.17 bits per heavy atom. The molecule has 1 N–H and O–H groups in total. The molecule has 0 unspecified atom stereocenters. The Bertz CT molecular complexity index is 885. The van der Waals surface area contributed by atoms with Crippen LogP contribution in [-0.4, -0.2) is 18.7 Å². The third kappa shape index (κ3) is 4.10. The fourth-order valence-corrected chi connectivity index (χ4v) is 4.26. The van der Waals surface area contributed by atoms with Gasteiger partial charge in [-0.3, -0.25) is 4.79 Å². The molecule has 0 spiro atoms. The molecule has 0 aromatic heterocycles. The topological polar surface area (TPSA) is 47.6 Å². The van der Waals surface area contributed by atoms with Crippen molar-refractivity contribution in [1.82, 2.24) is 0 Å². The molecule has 7 heteroatoms. The molecule has 2 aromatic rings. The molecule has 0 saturated carbocycles. The van der Waals surface area contributed by atoms with Crippen LogP contribution in [0.25, 0.3) is 0 Å². The number of esters is 1. The molecule has 29 heavy (non-hydrogen) atoms. The number of halogens is 3. The Kier molecular flexibility index (Phi) is 5.25. The van der Waals surface area contributed by atoms with E-state index in [1.165, 1.54) is 19.1 Å². The lowest BCUT2D eigenvalue weighted by molar-refractivity contribution is -0.155. The predicted octanol–water partition coefficient (Wildman–Crippen LogP) is 5.27. The maximum absolute atomic E-state index is 13.3. The van der Waals surface area contributed by atoms with Gasteiger partial charge in [0.1, 0.15) is 6.61 Å². The Balaban J connectivity index is 1.70. The number of hydrogen-bond donors (Lipinski definition) is 1. The van der Waals surface area contributed by atoms with Crippen molar-refractivity contribution < 1.29 is 27.4 Å². The van der Waals surface area contributed by atoms with Crippen LogP contribution in [0, 0.1) is 5.92 Å². The molecular weight excluding hydrogens is 383 g/mol. The first-order valence-corrected chi connectivity index (χ1v) is 9.64. The van der Waals surface area contributed by atoms with Gasteiger partial charge in [0, 0.05) is 24.1 Å². The van der Waals surface area contributed by atoms with E-state index in [0.717, 1.165) is 18.1 Å². The SMILES string of the molecule is CC(=O)OC[C@H]1CC[C@@H]2[C@H](O1)c1cc(C(F)(F)F)ccc1N[C@H]2c1ccccc1. The van der Waals surface area contributed by atoms with Crippen LogP contribution in [0.5, 0.6) is 0 Å². The summed E-state index contributed by atoms with van der Waals surface area (Å²) >= 11 is 0. The minimum atomic E-state index is -4.42. The van der Waals surface area contributed by atoms with Crippen molar-refractivity contribution in [2.75, 3.05) is 11.9 Å². The van der Waals surface area contributed by atoms with E-state index in [1.807, 2.05) is 30.3 Å². The first-order valence-electron chi connectivity index (χ1n) is 9.64. The van der Waals surface area contributed by atoms with Gasteiger partial charge in [-0.15, -0.1) is 0 Å². The minimum absolute atomic E-state index is 0.0260. The molecule has 4 nitrogen and oxygen atoms in total. The van der Waals surface area contributed by atoms with Crippen LogP contribution in [0.15, 0.2) is 48.5 Å². The second-order valence-electron chi connectivity index (χ2n) is 7.55. The van der Waals surface area contributed by atoms with Gasteiger partial charge >= 0.3 is 12.1 Å². The second kappa shape index (κ2) is 7.71. The van der Waals surface area contributed by atoms with Crippen LogP contribution in [0.4, 0.5) is 18.9 Å². The number of anilines is 1. The molecule has 4 rings (SSSR count). The van der Waals surface area contributed by atoms with Crippen molar-refractivity contribution in [2.45, 2.75) is 44.2 Å². The highest BCUT2D eigenvalue weighted by molar-refractivity contribution is 5.65. The van der Waals surface area contributed by atoms with Crippen LogP contribution in [0.1, 0.15) is 48.6 Å². The number of rotatable bonds is 3. The highest BCUT2D eigenvalue weighted by atomic mass is 19.4. The number of carbonyl (C=O) groups is 1. The lowest BCUT2D eigenvalue weighted by Gasteiger charge is -2.45. The molecule has 0 amide bonds. The standard InChI is InChI=1S/C22H22F3NO3/c1-13(27)28-12-16-8-9-17-20(14-5-3-2-4-6-14)26-19-10-7-15(22(23,24)25)11-18(19)21(17)29-16/h2-7,10-11,16-17,20-21,26H,8-9,12H2,1H3/t16-,17+,20+,21+/m1/s1. The highest BCUT2D eigenvalue weighted by Crippen LogP contribution is 2.51. The van der Waals surface area contributed by atoms with E-state index in [2.05, 4.69) is 5.32 Å². The molecule has 0 bridgehead atoms. The van der Waals surface area contributed by atoms with Gasteiger partial charge in [-0.1, -0.05) is 30.3 Å². The number of nitrogens with one attached hydrogen (secondary N) is 1. The van der Waals surface area contributed by atoms with E-state index in [9.17, 15) is 18.0 Å². The molecule has 0 aliphatic carbocycles. The Labute approximate surface area is 167 Å². The summed E-state index contributed by atoms with van der Waals surface area (Å²) in [4.78, 5) is 11.1. The summed E-state index contributed by atoms with van der Waals surface area (Å²) in [6.45, 7) is 1.43. The van der Waals surface area contributed by atoms with Gasteiger partial charge in [0.25, 0.3) is 0 Å². The van der Waals surface area contributed by atoms with Gasteiger partial charge < -0.3 is 14.8 Å². The molecule has 2 aliphatic rings. The predicted molar refractivity (Wildman–Crippen MR) is 101 cm³/mol. The quantitative estimate of drug-likeness (QED) is 0.707. The van der Waals surface area contributed by atoms with Crippen molar-refractivity contribution in [2.24, 2.45) is 5.92 Å². The number of alkyl halides is 3. The summed E-state index contributed by atoms with van der Waals surface area (Å²) in [5.74, 6) is -0.426. The maximum Gasteiger partial charge on any atom is 0.416 e. The van der Waals surface area contributed by atoms with E-state index in [0.29, 0.717) is 17.7 Å². The first-order chi connectivity index (χ1) is 13.8. The summed E-state index contributed by atoms with van der Waals surface area (Å²) in [7, 11) is 0. The maximum atomic E-state index is 13.3. The van der Waals surface area contributed by atoms with Gasteiger partial charge in [-0.2, -0.15) is 13.2 Å². The van der Waals surface area contributed by atoms with E-state index in [4.69, 9.17) is 9.47 Å². The number of hydrogen-bond acceptors (Lipinski definition) is 4. The van der Waals surface area contributed by atoms with E-state index in [1.54, 1.807) is 0 Å². The van der Waals surface area contributed by atoms with Crippen molar-refractivity contribution in [3.63, 3.8) is 0 Å². The Morgan fingerprint density at radius 3 is 2.62 bits per heavy atom. The number of fused-ring (bicyclic) bond motifs is 3. The zero-order valence-corrected chi connectivity index (χ0v) is 15.9. The molecule has 0 radical (unpaired) electrons. The molecule has 1 fully saturated rings. The van der Waals surface area contributed by atoms with Crippen LogP contribution in [-0.2, 0) is 20.4 Å². The first kappa shape index (κ1) is 19.8. The van der Waals surface area contributed by atoms with E-state index in [-0.39, 0.29) is 24.7 Å². The Morgan fingerprint density at radius 2 is 1.93 bits per heavy atom. The average Bonchev–Trinajstić information content (AvgIpc) is 2.71. The third-order valence-corrected chi connectivity index (χ3v) is 5.61. The van der Waals surface area contributed by atoms with Crippen molar-refractivity contribution in [1.29, 1.82) is 0 Å². The van der Waals surface area contributed by atoms with Crippen molar-refractivity contribution in [3.05, 3.63) is 65.2 Å². The average molecular weight is 405 g/mol. The molecular formula is C22H22F3NO3. The second-order valence-corrected chi connectivity index (χ2v) is 7.55. The summed E-state index contributed by atoms with van der Waals surface area (Å²) in [6, 6.07) is 13.5. The third-order valence-electron chi connectivity index (χ3n) is 5.61. The summed E-state index contributed by atoms with van der Waals surface area (Å²) < 4.78 is 51.2. The summed E-state index contributed by atoms with van der Waals surface area (Å²) in [6.07, 6.45) is -3.84. The van der Waals surface area contributed by atoms with Gasteiger partial charge in [-0.05, 0) is 36.6 Å². The van der Waals surface area contributed by atoms with Gasteiger partial charge in [0.15, 0.2) is 0 Å². The van der Waals surface area contributed by atoms with E-state index < -0.39 is 23.8 Å². The zero-order chi connectivity index (χ0) is 20.6. The lowest BCUT2D eigenvalue weighted by Crippen LogP contribution is -2.40. The Hall–Kier alpha value is -2.54. The number of benzene rings is 2. The largest absolute Gasteiger partial charge is 0.463 e. The molecule has 2 aromatic carbocycles. The van der Waals surface area contributed by atoms with Gasteiger partial charge in [-0.25, -0.2) is 0 Å². The molecule has 2 heterocycles. The molecule has 1 saturated heterocycles. The van der Waals surface area contributed by atoms with Crippen LogP contribution < -0.4 is 5.32 Å². The normalized spacial score (nSPS) is 26.1. The monoisotopic (exact) mass is 405 g/mol. The van der Waals surface area contributed by atoms with Crippen molar-refractivity contribution in [3.8, 4) is 0 Å². The fraction of sp³-hybridized carbons (Fsp3) is 0.409. The van der Waals surface area contributed by atoms with Crippen LogP contribution in [0.2, 0.25) is 0 Å². The van der Waals surface area contributed by atoms with Gasteiger partial charge in [0.2, 0.25) is 0 Å². The molecule has 2 aliphatic heterocycles. The highest BCUT2D eigenvalue weighted by Gasteiger charge is 2.43. The van der Waals surface area contributed by atoms with Gasteiger partial charge in [0.05, 0.1) is 23.8 Å². The smallest absolute Gasteiger partial charge is 0.416 e.